The summed E-state index contributed by atoms with van der Waals surface area (Å²) in [6.07, 6.45) is 4.92. The zero-order valence-corrected chi connectivity index (χ0v) is 20.5. The molecule has 180 valence electrons. The van der Waals surface area contributed by atoms with Gasteiger partial charge < -0.3 is 19.1 Å². The van der Waals surface area contributed by atoms with Crippen LogP contribution >= 0.6 is 0 Å². The third-order valence-electron chi connectivity index (χ3n) is 9.76. The molecule has 3 aliphatic heterocycles. The first-order valence-corrected chi connectivity index (χ1v) is 12.9. The van der Waals surface area contributed by atoms with Crippen LogP contribution in [-0.4, -0.2) is 68.0 Å². The third kappa shape index (κ3) is 3.16. The van der Waals surface area contributed by atoms with Gasteiger partial charge in [0.15, 0.2) is 0 Å². The predicted octanol–water partition coefficient (Wildman–Crippen LogP) is 3.73. The topological polar surface area (TPSA) is 54.5 Å². The quantitative estimate of drug-likeness (QED) is 0.510. The number of hydrogen-bond acceptors (Lipinski definition) is 6. The number of epoxide rings is 1. The van der Waals surface area contributed by atoms with Crippen molar-refractivity contribution < 1.29 is 19.0 Å². The number of nitrogens with zero attached hydrogens (tertiary/aromatic N) is 2. The number of hydrogen-bond donors (Lipinski definition) is 0. The summed E-state index contributed by atoms with van der Waals surface area (Å²) >= 11 is 0. The number of fused-ring (bicyclic) bond motifs is 2. The van der Waals surface area contributed by atoms with E-state index in [9.17, 15) is 4.79 Å². The van der Waals surface area contributed by atoms with Crippen LogP contribution in [0.3, 0.4) is 0 Å². The average Bonchev–Trinajstić information content (AvgIpc) is 3.48. The Bertz CT molecular complexity index is 921. The average molecular weight is 455 g/mol. The van der Waals surface area contributed by atoms with Crippen LogP contribution in [0.2, 0.25) is 0 Å². The SMILES string of the molecule is COc1ccc(N2CCN(C[C@@H]3C(=O)O[C@@H]4C[C@@]5(C)CCC[C@H](C)[C@]56O[C@H]6[C@H]34)C[C@@H]2C)cc1. The molecule has 8 atom stereocenters. The van der Waals surface area contributed by atoms with Gasteiger partial charge in [-0.25, -0.2) is 0 Å². The zero-order valence-electron chi connectivity index (χ0n) is 20.5. The highest BCUT2D eigenvalue weighted by Crippen LogP contribution is 2.70. The van der Waals surface area contributed by atoms with Gasteiger partial charge in [0.25, 0.3) is 0 Å². The summed E-state index contributed by atoms with van der Waals surface area (Å²) < 4.78 is 18.0. The number of anilines is 1. The minimum atomic E-state index is -0.0576. The molecule has 33 heavy (non-hydrogen) atoms. The molecule has 0 unspecified atom stereocenters. The normalized spacial score (nSPS) is 44.5. The molecular weight excluding hydrogens is 416 g/mol. The Morgan fingerprint density at radius 3 is 2.70 bits per heavy atom. The number of esters is 1. The summed E-state index contributed by atoms with van der Waals surface area (Å²) in [5.41, 5.74) is 1.37. The Morgan fingerprint density at radius 2 is 1.97 bits per heavy atom. The predicted molar refractivity (Wildman–Crippen MR) is 126 cm³/mol. The standard InChI is InChI=1S/C27H38N2O4/c1-17-6-5-11-26(3)14-22-23(24-27(17,26)33-24)21(25(30)32-22)16-28-12-13-29(18(2)15-28)19-7-9-20(31-4)10-8-19/h7-10,17-18,21-24H,5-6,11-16H2,1-4H3/t17-,18-,21-,22+,23+,24-,26+,27+/m0/s1. The third-order valence-corrected chi connectivity index (χ3v) is 9.76. The van der Waals surface area contributed by atoms with Crippen LogP contribution in [0.15, 0.2) is 24.3 Å². The van der Waals surface area contributed by atoms with Crippen molar-refractivity contribution in [1.29, 1.82) is 0 Å². The summed E-state index contributed by atoms with van der Waals surface area (Å²) in [4.78, 5) is 18.0. The molecule has 0 amide bonds. The molecule has 2 aliphatic carbocycles. The second-order valence-corrected chi connectivity index (χ2v) is 11.5. The summed E-state index contributed by atoms with van der Waals surface area (Å²) in [7, 11) is 1.70. The van der Waals surface area contributed by atoms with E-state index in [1.807, 2.05) is 12.1 Å². The van der Waals surface area contributed by atoms with Gasteiger partial charge in [-0.3, -0.25) is 9.69 Å². The van der Waals surface area contributed by atoms with E-state index in [2.05, 4.69) is 42.7 Å². The van der Waals surface area contributed by atoms with E-state index in [0.29, 0.717) is 12.0 Å². The van der Waals surface area contributed by atoms with E-state index in [4.69, 9.17) is 14.2 Å². The minimum Gasteiger partial charge on any atom is -0.497 e. The van der Waals surface area contributed by atoms with Crippen molar-refractivity contribution in [1.82, 2.24) is 4.90 Å². The first-order chi connectivity index (χ1) is 15.9. The number of ether oxygens (including phenoxy) is 3. The van der Waals surface area contributed by atoms with Crippen molar-refractivity contribution in [3.8, 4) is 5.75 Å². The molecule has 1 aromatic rings. The number of benzene rings is 1. The lowest BCUT2D eigenvalue weighted by Gasteiger charge is -2.49. The van der Waals surface area contributed by atoms with Crippen LogP contribution in [0, 0.1) is 23.2 Å². The fourth-order valence-electron chi connectivity index (χ4n) is 8.08. The van der Waals surface area contributed by atoms with Crippen LogP contribution in [-0.2, 0) is 14.3 Å². The van der Waals surface area contributed by atoms with Crippen molar-refractivity contribution in [2.45, 2.75) is 70.3 Å². The fourth-order valence-corrected chi connectivity index (χ4v) is 8.08. The fraction of sp³-hybridized carbons (Fsp3) is 0.741. The van der Waals surface area contributed by atoms with Crippen molar-refractivity contribution >= 4 is 11.7 Å². The number of carbonyl (C=O) groups is 1. The molecule has 1 spiro atoms. The Morgan fingerprint density at radius 1 is 1.18 bits per heavy atom. The Labute approximate surface area is 197 Å². The molecule has 0 bridgehead atoms. The maximum atomic E-state index is 13.1. The van der Waals surface area contributed by atoms with Crippen LogP contribution in [0.25, 0.3) is 0 Å². The Kier molecular flexibility index (Phi) is 5.01. The number of methoxy groups -OCH3 is 1. The molecule has 2 saturated carbocycles. The van der Waals surface area contributed by atoms with Gasteiger partial charge in [-0.05, 0) is 56.4 Å². The largest absolute Gasteiger partial charge is 0.497 e. The Hall–Kier alpha value is -1.79. The second-order valence-electron chi connectivity index (χ2n) is 11.5. The maximum absolute atomic E-state index is 13.1. The lowest BCUT2D eigenvalue weighted by Crippen LogP contribution is -2.56. The first-order valence-electron chi connectivity index (χ1n) is 12.9. The van der Waals surface area contributed by atoms with Gasteiger partial charge in [0.05, 0.1) is 19.1 Å². The second kappa shape index (κ2) is 7.61. The van der Waals surface area contributed by atoms with Crippen LogP contribution < -0.4 is 9.64 Å². The summed E-state index contributed by atoms with van der Waals surface area (Å²) in [6.45, 7) is 10.7. The molecule has 6 nitrogen and oxygen atoms in total. The molecule has 0 radical (unpaired) electrons. The lowest BCUT2D eigenvalue weighted by molar-refractivity contribution is -0.146. The monoisotopic (exact) mass is 454 g/mol. The number of piperazine rings is 1. The molecule has 3 heterocycles. The molecule has 6 rings (SSSR count). The van der Waals surface area contributed by atoms with Crippen LogP contribution in [0.4, 0.5) is 5.69 Å². The van der Waals surface area contributed by atoms with Gasteiger partial charge in [0.2, 0.25) is 0 Å². The van der Waals surface area contributed by atoms with Gasteiger partial charge in [0, 0.05) is 49.2 Å². The summed E-state index contributed by atoms with van der Waals surface area (Å²) in [5.74, 6) is 1.64. The molecule has 1 aromatic carbocycles. The van der Waals surface area contributed by atoms with Crippen LogP contribution in [0.1, 0.15) is 46.5 Å². The van der Waals surface area contributed by atoms with Crippen molar-refractivity contribution in [2.75, 3.05) is 38.2 Å². The Balaban J connectivity index is 1.14. The highest BCUT2D eigenvalue weighted by atomic mass is 16.6. The van der Waals surface area contributed by atoms with E-state index in [1.165, 1.54) is 24.9 Å². The molecule has 5 aliphatic rings. The number of rotatable bonds is 4. The highest BCUT2D eigenvalue weighted by Gasteiger charge is 2.78. The van der Waals surface area contributed by atoms with Gasteiger partial charge in [0.1, 0.15) is 17.5 Å². The lowest BCUT2D eigenvalue weighted by atomic mass is 9.53. The van der Waals surface area contributed by atoms with E-state index in [-0.39, 0.29) is 41.0 Å². The van der Waals surface area contributed by atoms with E-state index < -0.39 is 0 Å². The van der Waals surface area contributed by atoms with Crippen molar-refractivity contribution in [3.63, 3.8) is 0 Å². The van der Waals surface area contributed by atoms with Gasteiger partial charge in [-0.2, -0.15) is 0 Å². The van der Waals surface area contributed by atoms with E-state index in [0.717, 1.165) is 38.3 Å². The van der Waals surface area contributed by atoms with Gasteiger partial charge in [-0.1, -0.05) is 20.3 Å². The smallest absolute Gasteiger partial charge is 0.311 e. The molecule has 3 saturated heterocycles. The summed E-state index contributed by atoms with van der Waals surface area (Å²) in [5, 5.41) is 0. The maximum Gasteiger partial charge on any atom is 0.311 e. The molecule has 6 heteroatoms. The molecule has 0 aromatic heterocycles. The van der Waals surface area contributed by atoms with E-state index >= 15 is 0 Å². The van der Waals surface area contributed by atoms with Crippen molar-refractivity contribution in [2.24, 2.45) is 23.2 Å². The molecule has 5 fully saturated rings. The number of carbonyl (C=O) groups excluding carboxylic acids is 1. The van der Waals surface area contributed by atoms with E-state index in [1.54, 1.807) is 7.11 Å². The van der Waals surface area contributed by atoms with Gasteiger partial charge >= 0.3 is 5.97 Å². The zero-order chi connectivity index (χ0) is 23.0. The molecule has 0 N–H and O–H groups in total. The first kappa shape index (κ1) is 21.7. The minimum absolute atomic E-state index is 0.00999. The summed E-state index contributed by atoms with van der Waals surface area (Å²) in [6, 6.07) is 8.71. The van der Waals surface area contributed by atoms with Crippen molar-refractivity contribution in [3.05, 3.63) is 24.3 Å². The highest BCUT2D eigenvalue weighted by molar-refractivity contribution is 5.76. The van der Waals surface area contributed by atoms with Gasteiger partial charge in [-0.15, -0.1) is 0 Å². The molecular formula is C27H38N2O4. The van der Waals surface area contributed by atoms with Crippen LogP contribution in [0.5, 0.6) is 5.75 Å².